The standard InChI is InChI=1S/C29H27N3O5/c33-27(19-7-12-23-24(18-19)37-17-16-36-23)25-26(22-6-2-3-13-30-22)32(29(35)28(25)34)21-10-8-20(9-11-21)31-14-4-1-5-15-31/h2-3,6-13,18,26,33H,1,4-5,14-17H2/b27-25-. The van der Waals surface area contributed by atoms with Crippen molar-refractivity contribution in [3.8, 4) is 11.5 Å². The summed E-state index contributed by atoms with van der Waals surface area (Å²) in [7, 11) is 0. The summed E-state index contributed by atoms with van der Waals surface area (Å²) < 4.78 is 11.2. The van der Waals surface area contributed by atoms with Crippen LogP contribution >= 0.6 is 0 Å². The summed E-state index contributed by atoms with van der Waals surface area (Å²) in [6, 6.07) is 17.1. The number of nitrogens with zero attached hydrogens (tertiary/aromatic N) is 3. The van der Waals surface area contributed by atoms with Crippen molar-refractivity contribution in [1.82, 2.24) is 4.98 Å². The molecule has 6 rings (SSSR count). The molecule has 4 heterocycles. The van der Waals surface area contributed by atoms with Gasteiger partial charge in [-0.1, -0.05) is 6.07 Å². The summed E-state index contributed by atoms with van der Waals surface area (Å²) >= 11 is 0. The number of aliphatic hydroxyl groups is 1. The van der Waals surface area contributed by atoms with Crippen molar-refractivity contribution in [3.05, 3.63) is 83.7 Å². The van der Waals surface area contributed by atoms with Gasteiger partial charge in [-0.25, -0.2) is 0 Å². The van der Waals surface area contributed by atoms with E-state index in [1.807, 2.05) is 24.3 Å². The Morgan fingerprint density at radius 2 is 1.59 bits per heavy atom. The Labute approximate surface area is 214 Å². The van der Waals surface area contributed by atoms with Crippen molar-refractivity contribution in [2.75, 3.05) is 36.1 Å². The highest BCUT2D eigenvalue weighted by atomic mass is 16.6. The molecule has 3 aliphatic heterocycles. The number of rotatable bonds is 4. The molecule has 1 atom stereocenters. The molecule has 8 heteroatoms. The van der Waals surface area contributed by atoms with Crippen LogP contribution in [0.4, 0.5) is 11.4 Å². The van der Waals surface area contributed by atoms with E-state index in [1.54, 1.807) is 42.6 Å². The second-order valence-electron chi connectivity index (χ2n) is 9.35. The second-order valence-corrected chi connectivity index (χ2v) is 9.35. The monoisotopic (exact) mass is 497 g/mol. The number of hydrogen-bond acceptors (Lipinski definition) is 7. The van der Waals surface area contributed by atoms with E-state index in [-0.39, 0.29) is 11.3 Å². The predicted molar refractivity (Wildman–Crippen MR) is 139 cm³/mol. The number of ketones is 1. The van der Waals surface area contributed by atoms with Crippen LogP contribution in [0.5, 0.6) is 11.5 Å². The first-order chi connectivity index (χ1) is 18.1. The van der Waals surface area contributed by atoms with Gasteiger partial charge >= 0.3 is 0 Å². The zero-order valence-electron chi connectivity index (χ0n) is 20.3. The summed E-state index contributed by atoms with van der Waals surface area (Å²) in [5, 5.41) is 11.4. The van der Waals surface area contributed by atoms with Crippen LogP contribution in [0.1, 0.15) is 36.6 Å². The Balaban J connectivity index is 1.43. The third-order valence-electron chi connectivity index (χ3n) is 7.08. The average molecular weight is 498 g/mol. The van der Waals surface area contributed by atoms with Crippen molar-refractivity contribution in [3.63, 3.8) is 0 Å². The maximum atomic E-state index is 13.4. The molecule has 2 aromatic carbocycles. The number of amides is 1. The van der Waals surface area contributed by atoms with Crippen LogP contribution in [0.25, 0.3) is 5.76 Å². The first-order valence-corrected chi connectivity index (χ1v) is 12.6. The molecule has 0 aliphatic carbocycles. The quantitative estimate of drug-likeness (QED) is 0.323. The van der Waals surface area contributed by atoms with Crippen LogP contribution in [0.15, 0.2) is 72.4 Å². The molecule has 37 heavy (non-hydrogen) atoms. The molecule has 0 saturated carbocycles. The lowest BCUT2D eigenvalue weighted by molar-refractivity contribution is -0.132. The van der Waals surface area contributed by atoms with E-state index < -0.39 is 17.7 Å². The third-order valence-corrected chi connectivity index (χ3v) is 7.08. The van der Waals surface area contributed by atoms with Crippen LogP contribution < -0.4 is 19.3 Å². The molecule has 1 unspecified atom stereocenters. The first kappa shape index (κ1) is 23.1. The van der Waals surface area contributed by atoms with Gasteiger partial charge in [-0.2, -0.15) is 0 Å². The molecule has 3 aromatic rings. The highest BCUT2D eigenvalue weighted by Gasteiger charge is 2.47. The maximum Gasteiger partial charge on any atom is 0.300 e. The number of aromatic nitrogens is 1. The summed E-state index contributed by atoms with van der Waals surface area (Å²) in [6.45, 7) is 2.85. The number of piperidine rings is 1. The molecule has 3 aliphatic rings. The van der Waals surface area contributed by atoms with Gasteiger partial charge in [0.1, 0.15) is 25.0 Å². The van der Waals surface area contributed by atoms with Crippen molar-refractivity contribution in [1.29, 1.82) is 0 Å². The van der Waals surface area contributed by atoms with Gasteiger partial charge in [-0.3, -0.25) is 19.5 Å². The smallest absolute Gasteiger partial charge is 0.300 e. The van der Waals surface area contributed by atoms with Gasteiger partial charge in [0.05, 0.1) is 11.3 Å². The van der Waals surface area contributed by atoms with Crippen molar-refractivity contribution >= 4 is 28.8 Å². The molecule has 1 amide bonds. The molecule has 8 nitrogen and oxygen atoms in total. The third kappa shape index (κ3) is 4.18. The number of fused-ring (bicyclic) bond motifs is 1. The van der Waals surface area contributed by atoms with Crippen LogP contribution in [0.2, 0.25) is 0 Å². The molecular weight excluding hydrogens is 470 g/mol. The Morgan fingerprint density at radius 1 is 0.865 bits per heavy atom. The number of ether oxygens (including phenoxy) is 2. The number of hydrogen-bond donors (Lipinski definition) is 1. The fourth-order valence-corrected chi connectivity index (χ4v) is 5.24. The molecule has 1 aromatic heterocycles. The highest BCUT2D eigenvalue weighted by molar-refractivity contribution is 6.51. The number of pyridine rings is 1. The molecule has 1 N–H and O–H groups in total. The molecule has 2 fully saturated rings. The molecule has 0 spiro atoms. The minimum atomic E-state index is -0.879. The van der Waals surface area contributed by atoms with Gasteiger partial charge < -0.3 is 19.5 Å². The predicted octanol–water partition coefficient (Wildman–Crippen LogP) is 4.47. The van der Waals surface area contributed by atoms with E-state index in [0.717, 1.165) is 31.6 Å². The van der Waals surface area contributed by atoms with Gasteiger partial charge in [0, 0.05) is 36.2 Å². The topological polar surface area (TPSA) is 92.2 Å². The van der Waals surface area contributed by atoms with Crippen LogP contribution in [0, 0.1) is 0 Å². The summed E-state index contributed by atoms with van der Waals surface area (Å²) in [6.07, 6.45) is 5.18. The summed E-state index contributed by atoms with van der Waals surface area (Å²) in [5.74, 6) is -0.701. The zero-order chi connectivity index (χ0) is 25.4. The summed E-state index contributed by atoms with van der Waals surface area (Å²) in [4.78, 5) is 35.0. The van der Waals surface area contributed by atoms with Crippen LogP contribution in [0.3, 0.4) is 0 Å². The Bertz CT molecular complexity index is 1360. The van der Waals surface area contributed by atoms with Gasteiger partial charge in [0.25, 0.3) is 11.7 Å². The number of carbonyl (C=O) groups is 2. The number of aliphatic hydroxyl groups excluding tert-OH is 1. The van der Waals surface area contributed by atoms with E-state index in [0.29, 0.717) is 41.7 Å². The SMILES string of the molecule is O=C1C(=O)N(c2ccc(N3CCCCC3)cc2)C(c2ccccn2)/C1=C(/O)c1ccc2c(c1)OCCO2. The minimum absolute atomic E-state index is 0.0134. The van der Waals surface area contributed by atoms with Crippen LogP contribution in [-0.4, -0.2) is 48.1 Å². The Morgan fingerprint density at radius 3 is 2.32 bits per heavy atom. The lowest BCUT2D eigenvalue weighted by Gasteiger charge is -2.30. The van der Waals surface area contributed by atoms with E-state index in [1.165, 1.54) is 11.3 Å². The van der Waals surface area contributed by atoms with Gasteiger partial charge in [0.2, 0.25) is 0 Å². The average Bonchev–Trinajstić information content (AvgIpc) is 3.23. The second kappa shape index (κ2) is 9.61. The van der Waals surface area contributed by atoms with Gasteiger partial charge in [-0.15, -0.1) is 0 Å². The van der Waals surface area contributed by atoms with Crippen molar-refractivity contribution in [2.45, 2.75) is 25.3 Å². The zero-order valence-corrected chi connectivity index (χ0v) is 20.3. The van der Waals surface area contributed by atoms with Crippen molar-refractivity contribution in [2.24, 2.45) is 0 Å². The Hall–Kier alpha value is -4.33. The maximum absolute atomic E-state index is 13.4. The number of anilines is 2. The van der Waals surface area contributed by atoms with E-state index in [9.17, 15) is 14.7 Å². The molecule has 2 saturated heterocycles. The van der Waals surface area contributed by atoms with Crippen molar-refractivity contribution < 1.29 is 24.2 Å². The minimum Gasteiger partial charge on any atom is -0.507 e. The van der Waals surface area contributed by atoms with E-state index in [2.05, 4.69) is 9.88 Å². The highest BCUT2D eigenvalue weighted by Crippen LogP contribution is 2.43. The normalized spacial score (nSPS) is 20.8. The lowest BCUT2D eigenvalue weighted by Crippen LogP contribution is -2.31. The van der Waals surface area contributed by atoms with Gasteiger partial charge in [-0.05, 0) is 73.9 Å². The fraction of sp³-hybridized carbons (Fsp3) is 0.276. The largest absolute Gasteiger partial charge is 0.507 e. The van der Waals surface area contributed by atoms with Crippen LogP contribution in [-0.2, 0) is 9.59 Å². The molecular formula is C29H27N3O5. The Kier molecular flexibility index (Phi) is 6.00. The summed E-state index contributed by atoms with van der Waals surface area (Å²) in [5.41, 5.74) is 2.50. The lowest BCUT2D eigenvalue weighted by atomic mass is 9.98. The molecule has 0 radical (unpaired) electrons. The molecule has 188 valence electrons. The first-order valence-electron chi connectivity index (χ1n) is 12.6. The number of benzene rings is 2. The fourth-order valence-electron chi connectivity index (χ4n) is 5.24. The number of Topliss-reactive ketones (excluding diaryl/α,β-unsaturated/α-hetero) is 1. The number of carbonyl (C=O) groups excluding carboxylic acids is 2. The molecule has 0 bridgehead atoms. The van der Waals surface area contributed by atoms with E-state index >= 15 is 0 Å². The van der Waals surface area contributed by atoms with E-state index in [4.69, 9.17) is 9.47 Å². The van der Waals surface area contributed by atoms with Gasteiger partial charge in [0.15, 0.2) is 11.5 Å².